The zero-order chi connectivity index (χ0) is 27.6. The molecule has 1 N–H and O–H groups in total. The van der Waals surface area contributed by atoms with Crippen LogP contribution in [-0.2, 0) is 24.3 Å². The summed E-state index contributed by atoms with van der Waals surface area (Å²) >= 11 is 0. The number of amides is 1. The summed E-state index contributed by atoms with van der Waals surface area (Å²) < 4.78 is 0. The SMILES string of the molecule is O=C(CC[C@@H](Cc1ccc(-c2ccccc2)cc1)N(Cc1ccccc1)Cc1ccccc1)N1CCC[C@H]1CO. The quantitative estimate of drug-likeness (QED) is 0.220. The van der Waals surface area contributed by atoms with Gasteiger partial charge in [0.15, 0.2) is 0 Å². The van der Waals surface area contributed by atoms with E-state index in [-0.39, 0.29) is 24.6 Å². The molecule has 4 aromatic rings. The van der Waals surface area contributed by atoms with E-state index >= 15 is 0 Å². The molecule has 206 valence electrons. The summed E-state index contributed by atoms with van der Waals surface area (Å²) in [5.74, 6) is 0.167. The second-order valence-electron chi connectivity index (χ2n) is 10.9. The minimum absolute atomic E-state index is 0.0266. The summed E-state index contributed by atoms with van der Waals surface area (Å²) in [5, 5.41) is 9.78. The van der Waals surface area contributed by atoms with Gasteiger partial charge in [0.2, 0.25) is 5.91 Å². The molecule has 1 fully saturated rings. The van der Waals surface area contributed by atoms with Crippen molar-refractivity contribution < 1.29 is 9.90 Å². The fourth-order valence-corrected chi connectivity index (χ4v) is 5.89. The van der Waals surface area contributed by atoms with Crippen LogP contribution in [0.4, 0.5) is 0 Å². The van der Waals surface area contributed by atoms with Crippen molar-refractivity contribution in [2.24, 2.45) is 0 Å². The molecule has 40 heavy (non-hydrogen) atoms. The van der Waals surface area contributed by atoms with Crippen molar-refractivity contribution in [3.63, 3.8) is 0 Å². The molecule has 0 aliphatic carbocycles. The maximum atomic E-state index is 13.3. The summed E-state index contributed by atoms with van der Waals surface area (Å²) in [6.45, 7) is 2.45. The van der Waals surface area contributed by atoms with Crippen molar-refractivity contribution in [2.45, 2.75) is 57.3 Å². The van der Waals surface area contributed by atoms with Crippen LogP contribution in [0.3, 0.4) is 0 Å². The fourth-order valence-electron chi connectivity index (χ4n) is 5.89. The Labute approximate surface area is 238 Å². The van der Waals surface area contributed by atoms with E-state index in [2.05, 4.69) is 114 Å². The van der Waals surface area contributed by atoms with Crippen LogP contribution in [0.1, 0.15) is 42.4 Å². The normalized spacial score (nSPS) is 15.8. The smallest absolute Gasteiger partial charge is 0.222 e. The van der Waals surface area contributed by atoms with Gasteiger partial charge in [-0.1, -0.05) is 115 Å². The molecule has 4 nitrogen and oxygen atoms in total. The molecule has 0 radical (unpaired) electrons. The Hall–Kier alpha value is -3.73. The highest BCUT2D eigenvalue weighted by Gasteiger charge is 2.29. The molecular weight excluding hydrogens is 492 g/mol. The number of aliphatic hydroxyl groups excluding tert-OH is 1. The molecule has 1 aliphatic rings. The molecule has 1 aliphatic heterocycles. The summed E-state index contributed by atoms with van der Waals surface area (Å²) in [7, 11) is 0. The van der Waals surface area contributed by atoms with E-state index in [4.69, 9.17) is 0 Å². The van der Waals surface area contributed by atoms with E-state index in [1.165, 1.54) is 27.8 Å². The average molecular weight is 533 g/mol. The monoisotopic (exact) mass is 532 g/mol. The van der Waals surface area contributed by atoms with E-state index in [1.807, 2.05) is 11.0 Å². The second-order valence-corrected chi connectivity index (χ2v) is 10.9. The number of likely N-dealkylation sites (tertiary alicyclic amines) is 1. The summed E-state index contributed by atoms with van der Waals surface area (Å²) in [4.78, 5) is 17.8. The third-order valence-corrected chi connectivity index (χ3v) is 8.11. The predicted octanol–water partition coefficient (Wildman–Crippen LogP) is 6.73. The topological polar surface area (TPSA) is 43.8 Å². The number of rotatable bonds is 12. The number of hydrogen-bond donors (Lipinski definition) is 1. The highest BCUT2D eigenvalue weighted by molar-refractivity contribution is 5.76. The zero-order valence-electron chi connectivity index (χ0n) is 23.2. The van der Waals surface area contributed by atoms with Crippen LogP contribution in [-0.4, -0.2) is 46.0 Å². The molecule has 4 heteroatoms. The van der Waals surface area contributed by atoms with Gasteiger partial charge in [-0.3, -0.25) is 9.69 Å². The third kappa shape index (κ3) is 7.47. The van der Waals surface area contributed by atoms with Crippen LogP contribution in [0, 0.1) is 0 Å². The van der Waals surface area contributed by atoms with Gasteiger partial charge in [0.05, 0.1) is 12.6 Å². The first-order valence-corrected chi connectivity index (χ1v) is 14.6. The Morgan fingerprint density at radius 3 is 1.88 bits per heavy atom. The first kappa shape index (κ1) is 27.8. The van der Waals surface area contributed by atoms with Gasteiger partial charge in [-0.05, 0) is 53.5 Å². The highest BCUT2D eigenvalue weighted by Crippen LogP contribution is 2.25. The van der Waals surface area contributed by atoms with Crippen LogP contribution in [0.5, 0.6) is 0 Å². The molecule has 0 unspecified atom stereocenters. The minimum atomic E-state index is -0.0266. The van der Waals surface area contributed by atoms with E-state index in [9.17, 15) is 9.90 Å². The van der Waals surface area contributed by atoms with Crippen LogP contribution in [0.25, 0.3) is 11.1 Å². The van der Waals surface area contributed by atoms with Crippen molar-refractivity contribution in [1.29, 1.82) is 0 Å². The molecule has 1 amide bonds. The molecule has 0 spiro atoms. The van der Waals surface area contributed by atoms with Gasteiger partial charge >= 0.3 is 0 Å². The largest absolute Gasteiger partial charge is 0.394 e. The Morgan fingerprint density at radius 1 is 0.750 bits per heavy atom. The Bertz CT molecular complexity index is 1270. The van der Waals surface area contributed by atoms with E-state index in [1.54, 1.807) is 0 Å². The second kappa shape index (κ2) is 14.1. The molecule has 0 aromatic heterocycles. The van der Waals surface area contributed by atoms with E-state index in [0.29, 0.717) is 6.42 Å². The molecule has 5 rings (SSSR count). The lowest BCUT2D eigenvalue weighted by Gasteiger charge is -2.33. The van der Waals surface area contributed by atoms with Gasteiger partial charge < -0.3 is 10.0 Å². The van der Waals surface area contributed by atoms with Crippen molar-refractivity contribution in [3.05, 3.63) is 132 Å². The number of carbonyl (C=O) groups excluding carboxylic acids is 1. The first-order chi connectivity index (χ1) is 19.7. The van der Waals surface area contributed by atoms with Gasteiger partial charge in [-0.25, -0.2) is 0 Å². The zero-order valence-corrected chi connectivity index (χ0v) is 23.2. The summed E-state index contributed by atoms with van der Waals surface area (Å²) in [5.41, 5.74) is 6.25. The number of aliphatic hydroxyl groups is 1. The molecule has 2 atom stereocenters. The number of hydrogen-bond acceptors (Lipinski definition) is 3. The van der Waals surface area contributed by atoms with Crippen molar-refractivity contribution in [2.75, 3.05) is 13.2 Å². The van der Waals surface area contributed by atoms with Crippen LogP contribution >= 0.6 is 0 Å². The minimum Gasteiger partial charge on any atom is -0.394 e. The van der Waals surface area contributed by atoms with Gasteiger partial charge in [0.1, 0.15) is 0 Å². The molecule has 1 heterocycles. The van der Waals surface area contributed by atoms with Gasteiger partial charge in [-0.15, -0.1) is 0 Å². The maximum absolute atomic E-state index is 13.3. The Morgan fingerprint density at radius 2 is 1.30 bits per heavy atom. The predicted molar refractivity (Wildman–Crippen MR) is 163 cm³/mol. The van der Waals surface area contributed by atoms with Crippen molar-refractivity contribution in [3.8, 4) is 11.1 Å². The highest BCUT2D eigenvalue weighted by atomic mass is 16.3. The van der Waals surface area contributed by atoms with E-state index < -0.39 is 0 Å². The molecule has 0 saturated carbocycles. The molecule has 4 aromatic carbocycles. The summed E-state index contributed by atoms with van der Waals surface area (Å²) in [6.07, 6.45) is 4.00. The first-order valence-electron chi connectivity index (χ1n) is 14.6. The average Bonchev–Trinajstić information content (AvgIpc) is 3.50. The molecule has 0 bridgehead atoms. The number of carbonyl (C=O) groups is 1. The lowest BCUT2D eigenvalue weighted by molar-refractivity contribution is -0.133. The third-order valence-electron chi connectivity index (χ3n) is 8.11. The standard InChI is InChI=1S/C36H40N2O2/c39-28-35-17-10-24-38(35)36(40)23-22-34(25-29-18-20-33(21-19-29)32-15-8-3-9-16-32)37(26-30-11-4-1-5-12-30)27-31-13-6-2-7-14-31/h1-9,11-16,18-21,34-35,39H,10,17,22-28H2/t34-,35-/m0/s1. The van der Waals surface area contributed by atoms with Crippen LogP contribution in [0.2, 0.25) is 0 Å². The van der Waals surface area contributed by atoms with Gasteiger partial charge in [0, 0.05) is 32.1 Å². The van der Waals surface area contributed by atoms with Crippen LogP contribution in [0.15, 0.2) is 115 Å². The molecular formula is C36H40N2O2. The summed E-state index contributed by atoms with van der Waals surface area (Å²) in [6, 6.07) is 40.8. The van der Waals surface area contributed by atoms with Gasteiger partial charge in [0.25, 0.3) is 0 Å². The van der Waals surface area contributed by atoms with Crippen LogP contribution < -0.4 is 0 Å². The lowest BCUT2D eigenvalue weighted by atomic mass is 9.96. The maximum Gasteiger partial charge on any atom is 0.222 e. The lowest BCUT2D eigenvalue weighted by Crippen LogP contribution is -2.40. The Kier molecular flexibility index (Phi) is 9.78. The Balaban J connectivity index is 1.39. The molecule has 1 saturated heterocycles. The van der Waals surface area contributed by atoms with Crippen molar-refractivity contribution >= 4 is 5.91 Å². The number of nitrogens with zero attached hydrogens (tertiary/aromatic N) is 2. The van der Waals surface area contributed by atoms with E-state index in [0.717, 1.165) is 45.3 Å². The van der Waals surface area contributed by atoms with Gasteiger partial charge in [-0.2, -0.15) is 0 Å². The number of benzene rings is 4. The fraction of sp³-hybridized carbons (Fsp3) is 0.306. The van der Waals surface area contributed by atoms with Crippen molar-refractivity contribution in [1.82, 2.24) is 9.80 Å².